The van der Waals surface area contributed by atoms with Gasteiger partial charge in [0.1, 0.15) is 6.33 Å². The summed E-state index contributed by atoms with van der Waals surface area (Å²) < 4.78 is 3.30. The van der Waals surface area contributed by atoms with E-state index >= 15 is 0 Å². The van der Waals surface area contributed by atoms with Crippen LogP contribution < -0.4 is 5.56 Å². The first-order valence-corrected chi connectivity index (χ1v) is 9.06. The summed E-state index contributed by atoms with van der Waals surface area (Å²) in [4.78, 5) is 24.1. The highest BCUT2D eigenvalue weighted by atomic mass is 35.5. The van der Waals surface area contributed by atoms with Crippen molar-refractivity contribution >= 4 is 28.3 Å². The number of hydrogen-bond donors (Lipinski definition) is 0. The van der Waals surface area contributed by atoms with Crippen molar-refractivity contribution in [1.82, 2.24) is 29.0 Å². The molecule has 0 saturated heterocycles. The van der Waals surface area contributed by atoms with Crippen LogP contribution in [0, 0.1) is 0 Å². The molecule has 0 bridgehead atoms. The first-order chi connectivity index (χ1) is 13.1. The molecule has 1 aromatic carbocycles. The second-order valence-electron chi connectivity index (χ2n) is 6.64. The molecule has 0 unspecified atom stereocenters. The van der Waals surface area contributed by atoms with Crippen LogP contribution in [-0.4, -0.2) is 49.7 Å². The van der Waals surface area contributed by atoms with Crippen molar-refractivity contribution in [2.24, 2.45) is 0 Å². The summed E-state index contributed by atoms with van der Waals surface area (Å²) in [5, 5.41) is 5.31. The minimum atomic E-state index is -0.105. The van der Waals surface area contributed by atoms with E-state index in [1.54, 1.807) is 21.3 Å². The van der Waals surface area contributed by atoms with Gasteiger partial charge in [0.15, 0.2) is 0 Å². The van der Waals surface area contributed by atoms with Crippen molar-refractivity contribution in [3.8, 4) is 11.3 Å². The number of aromatic nitrogens is 5. The highest BCUT2D eigenvalue weighted by Crippen LogP contribution is 2.31. The van der Waals surface area contributed by atoms with E-state index in [0.717, 1.165) is 18.5 Å². The van der Waals surface area contributed by atoms with Gasteiger partial charge in [0.2, 0.25) is 0 Å². The van der Waals surface area contributed by atoms with Crippen LogP contribution in [0.5, 0.6) is 0 Å². The van der Waals surface area contributed by atoms with Crippen LogP contribution in [-0.2, 0) is 6.54 Å². The molecule has 0 fully saturated rings. The van der Waals surface area contributed by atoms with Crippen molar-refractivity contribution in [2.75, 3.05) is 20.6 Å². The Hall–Kier alpha value is -2.77. The lowest BCUT2D eigenvalue weighted by molar-refractivity contribution is 0.385. The van der Waals surface area contributed by atoms with Crippen molar-refractivity contribution in [2.45, 2.75) is 13.0 Å². The monoisotopic (exact) mass is 382 g/mol. The zero-order valence-electron chi connectivity index (χ0n) is 15.1. The van der Waals surface area contributed by atoms with E-state index in [1.807, 2.05) is 38.4 Å². The van der Waals surface area contributed by atoms with E-state index in [0.29, 0.717) is 33.9 Å². The average Bonchev–Trinajstić information content (AvgIpc) is 3.10. The third-order valence-electron chi connectivity index (χ3n) is 4.48. The molecule has 4 rings (SSSR count). The molecule has 0 atom stereocenters. The number of halogens is 1. The van der Waals surface area contributed by atoms with Gasteiger partial charge in [-0.15, -0.1) is 0 Å². The molecule has 138 valence electrons. The number of hydrogen-bond acceptors (Lipinski definition) is 5. The Labute approximate surface area is 160 Å². The molecule has 4 aromatic rings. The van der Waals surface area contributed by atoms with Gasteiger partial charge in [-0.05, 0) is 39.2 Å². The molecule has 0 aliphatic heterocycles. The van der Waals surface area contributed by atoms with Crippen molar-refractivity contribution in [3.63, 3.8) is 0 Å². The SMILES string of the molecule is CN(C)CCCn1ccc2nc3ncnn3c(-c3ccccc3Cl)c2c1=O. The first-order valence-electron chi connectivity index (χ1n) is 8.69. The molecule has 0 aliphatic carbocycles. The summed E-state index contributed by atoms with van der Waals surface area (Å²) in [7, 11) is 4.04. The van der Waals surface area contributed by atoms with Gasteiger partial charge in [-0.1, -0.05) is 29.8 Å². The zero-order chi connectivity index (χ0) is 19.0. The molecule has 3 heterocycles. The van der Waals surface area contributed by atoms with Gasteiger partial charge in [-0.3, -0.25) is 4.79 Å². The van der Waals surface area contributed by atoms with Crippen molar-refractivity contribution in [3.05, 3.63) is 58.2 Å². The van der Waals surface area contributed by atoms with Gasteiger partial charge in [0.05, 0.1) is 16.6 Å². The Balaban J connectivity index is 1.98. The summed E-state index contributed by atoms with van der Waals surface area (Å²) in [6.07, 6.45) is 4.09. The summed E-state index contributed by atoms with van der Waals surface area (Å²) in [5.74, 6) is 0.433. The lowest BCUT2D eigenvalue weighted by atomic mass is 10.1. The van der Waals surface area contributed by atoms with E-state index < -0.39 is 0 Å². The number of aryl methyl sites for hydroxylation is 1. The molecule has 0 spiro atoms. The molecule has 0 saturated carbocycles. The molecule has 0 amide bonds. The molecule has 27 heavy (non-hydrogen) atoms. The van der Waals surface area contributed by atoms with Crippen LogP contribution >= 0.6 is 11.6 Å². The predicted octanol–water partition coefficient (Wildman–Crippen LogP) is 2.71. The maximum atomic E-state index is 13.3. The Morgan fingerprint density at radius 1 is 1.19 bits per heavy atom. The topological polar surface area (TPSA) is 68.3 Å². The van der Waals surface area contributed by atoms with E-state index in [4.69, 9.17) is 11.6 Å². The fourth-order valence-corrected chi connectivity index (χ4v) is 3.42. The Bertz CT molecular complexity index is 1180. The van der Waals surface area contributed by atoms with Crippen LogP contribution in [0.25, 0.3) is 27.9 Å². The number of benzene rings is 1. The largest absolute Gasteiger partial charge is 0.315 e. The van der Waals surface area contributed by atoms with Crippen LogP contribution in [0.2, 0.25) is 5.02 Å². The van der Waals surface area contributed by atoms with E-state index in [1.165, 1.54) is 6.33 Å². The fraction of sp³-hybridized carbons (Fsp3) is 0.263. The van der Waals surface area contributed by atoms with Gasteiger partial charge in [-0.2, -0.15) is 14.6 Å². The standard InChI is InChI=1S/C19H19ClN6O/c1-24(2)9-5-10-25-11-8-15-16(18(25)27)17(13-6-3-4-7-14(13)20)26-19(23-15)21-12-22-26/h3-4,6-8,11-12H,5,9-10H2,1-2H3. The minimum absolute atomic E-state index is 0.105. The number of fused-ring (bicyclic) bond motifs is 2. The number of rotatable bonds is 5. The Kier molecular flexibility index (Phi) is 4.63. The smallest absolute Gasteiger partial charge is 0.262 e. The quantitative estimate of drug-likeness (QED) is 0.531. The lowest BCUT2D eigenvalue weighted by Gasteiger charge is -2.13. The van der Waals surface area contributed by atoms with Gasteiger partial charge >= 0.3 is 0 Å². The number of pyridine rings is 1. The summed E-state index contributed by atoms with van der Waals surface area (Å²) in [6, 6.07) is 9.26. The molecular weight excluding hydrogens is 364 g/mol. The highest BCUT2D eigenvalue weighted by Gasteiger charge is 2.18. The van der Waals surface area contributed by atoms with Gasteiger partial charge in [0, 0.05) is 23.3 Å². The Morgan fingerprint density at radius 2 is 2.00 bits per heavy atom. The maximum Gasteiger partial charge on any atom is 0.262 e. The molecule has 8 heteroatoms. The second kappa shape index (κ2) is 7.09. The molecule has 0 aliphatic rings. The summed E-state index contributed by atoms with van der Waals surface area (Å²) in [5.41, 5.74) is 1.82. The molecule has 7 nitrogen and oxygen atoms in total. The molecule has 0 N–H and O–H groups in total. The highest BCUT2D eigenvalue weighted by molar-refractivity contribution is 6.33. The van der Waals surface area contributed by atoms with E-state index in [2.05, 4.69) is 20.0 Å². The third kappa shape index (κ3) is 3.20. The summed E-state index contributed by atoms with van der Waals surface area (Å²) in [6.45, 7) is 1.53. The lowest BCUT2D eigenvalue weighted by Crippen LogP contribution is -2.23. The van der Waals surface area contributed by atoms with Crippen molar-refractivity contribution in [1.29, 1.82) is 0 Å². The van der Waals surface area contributed by atoms with Crippen LogP contribution in [0.3, 0.4) is 0 Å². The predicted molar refractivity (Wildman–Crippen MR) is 106 cm³/mol. The zero-order valence-corrected chi connectivity index (χ0v) is 15.9. The van der Waals surface area contributed by atoms with Crippen LogP contribution in [0.15, 0.2) is 47.7 Å². The molecule has 3 aromatic heterocycles. The summed E-state index contributed by atoms with van der Waals surface area (Å²) >= 11 is 6.44. The van der Waals surface area contributed by atoms with Gasteiger partial charge in [0.25, 0.3) is 11.3 Å². The first kappa shape index (κ1) is 17.6. The van der Waals surface area contributed by atoms with Crippen LogP contribution in [0.1, 0.15) is 6.42 Å². The van der Waals surface area contributed by atoms with Crippen LogP contribution in [0.4, 0.5) is 0 Å². The van der Waals surface area contributed by atoms with E-state index in [-0.39, 0.29) is 5.56 Å². The maximum absolute atomic E-state index is 13.3. The normalized spacial score (nSPS) is 11.7. The average molecular weight is 383 g/mol. The van der Waals surface area contributed by atoms with Gasteiger partial charge in [-0.25, -0.2) is 4.98 Å². The minimum Gasteiger partial charge on any atom is -0.315 e. The van der Waals surface area contributed by atoms with E-state index in [9.17, 15) is 4.79 Å². The molecular formula is C19H19ClN6O. The number of nitrogens with zero attached hydrogens (tertiary/aromatic N) is 6. The van der Waals surface area contributed by atoms with Crippen molar-refractivity contribution < 1.29 is 0 Å². The fourth-order valence-electron chi connectivity index (χ4n) is 3.20. The van der Waals surface area contributed by atoms with Gasteiger partial charge < -0.3 is 9.47 Å². The Morgan fingerprint density at radius 3 is 2.78 bits per heavy atom. The third-order valence-corrected chi connectivity index (χ3v) is 4.80. The second-order valence-corrected chi connectivity index (χ2v) is 7.05. The molecule has 0 radical (unpaired) electrons.